The minimum absolute atomic E-state index is 0.00936. The van der Waals surface area contributed by atoms with E-state index in [0.29, 0.717) is 30.8 Å². The molecule has 0 atom stereocenters. The number of hydrogen-bond donors (Lipinski definition) is 1. The van der Waals surface area contributed by atoms with Gasteiger partial charge in [0.1, 0.15) is 5.69 Å². The largest absolute Gasteiger partial charge is 0.490 e. The van der Waals surface area contributed by atoms with Gasteiger partial charge in [-0.3, -0.25) is 10.1 Å². The summed E-state index contributed by atoms with van der Waals surface area (Å²) in [5.74, 6) is 1.19. The first-order chi connectivity index (χ1) is 12.3. The summed E-state index contributed by atoms with van der Waals surface area (Å²) in [5, 5.41) is 13.9. The fraction of sp³-hybridized carbons (Fsp3) is 0.294. The Morgan fingerprint density at radius 2 is 1.81 bits per heavy atom. The van der Waals surface area contributed by atoms with Crippen LogP contribution in [0.15, 0.2) is 36.4 Å². The van der Waals surface area contributed by atoms with Crippen LogP contribution >= 0.6 is 0 Å². The molecule has 1 heterocycles. The van der Waals surface area contributed by atoms with E-state index in [4.69, 9.17) is 9.47 Å². The number of anilines is 1. The second kappa shape index (κ2) is 7.11. The molecule has 0 fully saturated rings. The Morgan fingerprint density at radius 3 is 2.50 bits per heavy atom. The van der Waals surface area contributed by atoms with Crippen molar-refractivity contribution in [2.45, 2.75) is 19.1 Å². The predicted molar refractivity (Wildman–Crippen MR) is 87.5 cm³/mol. The molecule has 138 valence electrons. The van der Waals surface area contributed by atoms with Gasteiger partial charge in [0, 0.05) is 19.0 Å². The number of alkyl halides is 3. The van der Waals surface area contributed by atoms with Crippen LogP contribution in [-0.2, 0) is 12.7 Å². The van der Waals surface area contributed by atoms with E-state index in [1.807, 2.05) is 0 Å². The zero-order valence-electron chi connectivity index (χ0n) is 13.5. The molecule has 6 nitrogen and oxygen atoms in total. The number of nitro groups is 1. The monoisotopic (exact) mass is 368 g/mol. The van der Waals surface area contributed by atoms with Crippen molar-refractivity contribution < 1.29 is 27.6 Å². The number of hydrogen-bond acceptors (Lipinski definition) is 5. The van der Waals surface area contributed by atoms with Crippen molar-refractivity contribution in [2.75, 3.05) is 18.5 Å². The Balaban J connectivity index is 1.79. The molecule has 2 aromatic rings. The number of rotatable bonds is 4. The molecule has 0 aromatic heterocycles. The third-order valence-corrected chi connectivity index (χ3v) is 3.82. The van der Waals surface area contributed by atoms with Crippen molar-refractivity contribution in [3.8, 4) is 11.5 Å². The van der Waals surface area contributed by atoms with Gasteiger partial charge in [-0.05, 0) is 29.8 Å². The van der Waals surface area contributed by atoms with E-state index < -0.39 is 22.4 Å². The van der Waals surface area contributed by atoms with Crippen molar-refractivity contribution in [1.29, 1.82) is 0 Å². The van der Waals surface area contributed by atoms with Crippen LogP contribution in [0.1, 0.15) is 17.5 Å². The summed E-state index contributed by atoms with van der Waals surface area (Å²) < 4.78 is 49.3. The first-order valence-corrected chi connectivity index (χ1v) is 7.82. The average molecular weight is 368 g/mol. The minimum atomic E-state index is -4.64. The molecular weight excluding hydrogens is 353 g/mol. The molecule has 1 aliphatic rings. The summed E-state index contributed by atoms with van der Waals surface area (Å²) in [5.41, 5.74) is -0.932. The van der Waals surface area contributed by atoms with Gasteiger partial charge in [-0.2, -0.15) is 13.2 Å². The van der Waals surface area contributed by atoms with Crippen molar-refractivity contribution in [2.24, 2.45) is 0 Å². The number of nitrogens with zero attached hydrogens (tertiary/aromatic N) is 1. The number of fused-ring (bicyclic) bond motifs is 1. The maximum absolute atomic E-state index is 12.7. The van der Waals surface area contributed by atoms with E-state index in [1.54, 1.807) is 18.2 Å². The third-order valence-electron chi connectivity index (χ3n) is 3.82. The smallest absolute Gasteiger partial charge is 0.416 e. The van der Waals surface area contributed by atoms with Gasteiger partial charge in [-0.15, -0.1) is 0 Å². The zero-order chi connectivity index (χ0) is 18.7. The van der Waals surface area contributed by atoms with Crippen LogP contribution < -0.4 is 14.8 Å². The molecule has 0 aliphatic carbocycles. The Morgan fingerprint density at radius 1 is 1.08 bits per heavy atom. The highest BCUT2D eigenvalue weighted by Gasteiger charge is 2.33. The molecule has 0 amide bonds. The lowest BCUT2D eigenvalue weighted by molar-refractivity contribution is -0.384. The van der Waals surface area contributed by atoms with E-state index in [2.05, 4.69) is 5.32 Å². The number of ether oxygens (including phenoxy) is 2. The van der Waals surface area contributed by atoms with Crippen LogP contribution in [-0.4, -0.2) is 18.1 Å². The van der Waals surface area contributed by atoms with Crippen LogP contribution in [0, 0.1) is 10.1 Å². The number of nitrogens with one attached hydrogen (secondary N) is 1. The molecule has 1 aliphatic heterocycles. The summed E-state index contributed by atoms with van der Waals surface area (Å²) in [7, 11) is 0. The van der Waals surface area contributed by atoms with E-state index in [1.165, 1.54) is 0 Å². The fourth-order valence-corrected chi connectivity index (χ4v) is 2.52. The molecular formula is C17H15F3N2O4. The maximum Gasteiger partial charge on any atom is 0.416 e. The SMILES string of the molecule is O=[N+]([O-])c1cc(C(F)(F)F)ccc1NCc1ccc2c(c1)OCCCO2. The van der Waals surface area contributed by atoms with Gasteiger partial charge in [0.2, 0.25) is 0 Å². The Labute approximate surface area is 146 Å². The van der Waals surface area contributed by atoms with Gasteiger partial charge in [0.25, 0.3) is 5.69 Å². The van der Waals surface area contributed by atoms with E-state index >= 15 is 0 Å². The summed E-state index contributed by atoms with van der Waals surface area (Å²) in [6, 6.07) is 7.63. The van der Waals surface area contributed by atoms with Gasteiger partial charge in [0.05, 0.1) is 23.7 Å². The lowest BCUT2D eigenvalue weighted by atomic mass is 10.1. The lowest BCUT2D eigenvalue weighted by Gasteiger charge is -2.12. The van der Waals surface area contributed by atoms with Crippen LogP contribution in [0.2, 0.25) is 0 Å². The van der Waals surface area contributed by atoms with Crippen LogP contribution in [0.25, 0.3) is 0 Å². The summed E-state index contributed by atoms with van der Waals surface area (Å²) in [6.45, 7) is 1.26. The van der Waals surface area contributed by atoms with Crippen molar-refractivity contribution in [3.05, 3.63) is 57.6 Å². The van der Waals surface area contributed by atoms with Crippen LogP contribution in [0.3, 0.4) is 0 Å². The standard InChI is InChI=1S/C17H15F3N2O4/c18-17(19,20)12-3-4-13(14(9-12)22(23)24)21-10-11-2-5-15-16(8-11)26-7-1-6-25-15/h2-5,8-9,21H,1,6-7,10H2. The van der Waals surface area contributed by atoms with Crippen LogP contribution in [0.5, 0.6) is 11.5 Å². The topological polar surface area (TPSA) is 73.6 Å². The molecule has 1 N–H and O–H groups in total. The van der Waals surface area contributed by atoms with E-state index in [-0.39, 0.29) is 12.2 Å². The minimum Gasteiger partial charge on any atom is -0.490 e. The van der Waals surface area contributed by atoms with E-state index in [0.717, 1.165) is 24.1 Å². The van der Waals surface area contributed by atoms with Gasteiger partial charge in [-0.1, -0.05) is 6.07 Å². The first kappa shape index (κ1) is 17.8. The molecule has 3 rings (SSSR count). The third kappa shape index (κ3) is 3.98. The van der Waals surface area contributed by atoms with E-state index in [9.17, 15) is 23.3 Å². The highest BCUT2D eigenvalue weighted by atomic mass is 19.4. The quantitative estimate of drug-likeness (QED) is 0.640. The van der Waals surface area contributed by atoms with Gasteiger partial charge in [0.15, 0.2) is 11.5 Å². The average Bonchev–Trinajstić information content (AvgIpc) is 2.83. The molecule has 2 aromatic carbocycles. The highest BCUT2D eigenvalue weighted by Crippen LogP contribution is 2.35. The van der Waals surface area contributed by atoms with Crippen LogP contribution in [0.4, 0.5) is 24.5 Å². The normalized spacial score (nSPS) is 13.8. The Kier molecular flexibility index (Phi) is 4.88. The molecule has 0 saturated carbocycles. The maximum atomic E-state index is 12.7. The molecule has 26 heavy (non-hydrogen) atoms. The highest BCUT2D eigenvalue weighted by molar-refractivity contribution is 5.63. The Hall–Kier alpha value is -2.97. The number of nitro benzene ring substituents is 1. The fourth-order valence-electron chi connectivity index (χ4n) is 2.52. The Bertz CT molecular complexity index is 824. The van der Waals surface area contributed by atoms with Gasteiger partial charge in [-0.25, -0.2) is 0 Å². The van der Waals surface area contributed by atoms with Gasteiger partial charge >= 0.3 is 6.18 Å². The van der Waals surface area contributed by atoms with Gasteiger partial charge < -0.3 is 14.8 Å². The molecule has 9 heteroatoms. The summed E-state index contributed by atoms with van der Waals surface area (Å²) in [6.07, 6.45) is -3.88. The molecule has 0 saturated heterocycles. The molecule has 0 bridgehead atoms. The summed E-state index contributed by atoms with van der Waals surface area (Å²) in [4.78, 5) is 10.3. The zero-order valence-corrected chi connectivity index (χ0v) is 13.5. The second-order valence-corrected chi connectivity index (χ2v) is 5.67. The number of benzene rings is 2. The molecule has 0 spiro atoms. The summed E-state index contributed by atoms with van der Waals surface area (Å²) >= 11 is 0. The van der Waals surface area contributed by atoms with Crippen molar-refractivity contribution in [3.63, 3.8) is 0 Å². The molecule has 0 unspecified atom stereocenters. The first-order valence-electron chi connectivity index (χ1n) is 7.82. The number of halogens is 3. The van der Waals surface area contributed by atoms with Crippen molar-refractivity contribution in [1.82, 2.24) is 0 Å². The molecule has 0 radical (unpaired) electrons. The second-order valence-electron chi connectivity index (χ2n) is 5.67. The predicted octanol–water partition coefficient (Wildman–Crippen LogP) is 4.39. The lowest BCUT2D eigenvalue weighted by Crippen LogP contribution is -2.08. The van der Waals surface area contributed by atoms with Crippen molar-refractivity contribution >= 4 is 11.4 Å².